The maximum Gasteiger partial charge on any atom is 0.416 e. The highest BCUT2D eigenvalue weighted by Gasteiger charge is 2.40. The van der Waals surface area contributed by atoms with Crippen molar-refractivity contribution in [2.24, 2.45) is 5.92 Å². The monoisotopic (exact) mass is 287 g/mol. The van der Waals surface area contributed by atoms with Crippen LogP contribution in [0, 0.1) is 5.92 Å². The van der Waals surface area contributed by atoms with Crippen LogP contribution in [0.3, 0.4) is 0 Å². The van der Waals surface area contributed by atoms with Crippen LogP contribution in [0.25, 0.3) is 0 Å². The van der Waals surface area contributed by atoms with Gasteiger partial charge in [0.1, 0.15) is 12.4 Å². The number of rotatable bonds is 4. The molecule has 3 rings (SSSR count). The van der Waals surface area contributed by atoms with Gasteiger partial charge in [0, 0.05) is 19.3 Å². The molecule has 0 spiro atoms. The van der Waals surface area contributed by atoms with Gasteiger partial charge in [-0.05, 0) is 17.9 Å². The van der Waals surface area contributed by atoms with Crippen molar-refractivity contribution in [3.05, 3.63) is 35.9 Å². The number of ketones is 1. The van der Waals surface area contributed by atoms with Crippen LogP contribution in [-0.4, -0.2) is 35.3 Å². The van der Waals surface area contributed by atoms with Crippen molar-refractivity contribution in [1.82, 2.24) is 4.90 Å². The quantitative estimate of drug-likeness (QED) is 0.849. The lowest BCUT2D eigenvalue weighted by Crippen LogP contribution is -2.42. The topological polar surface area (TPSA) is 63.7 Å². The predicted octanol–water partition coefficient (Wildman–Crippen LogP) is 1.95. The minimum Gasteiger partial charge on any atom is -0.447 e. The number of benzene rings is 1. The molecule has 110 valence electrons. The Labute approximate surface area is 122 Å². The summed E-state index contributed by atoms with van der Waals surface area (Å²) in [5, 5.41) is 0. The third-order valence-electron chi connectivity index (χ3n) is 4.04. The largest absolute Gasteiger partial charge is 0.447 e. The highest BCUT2D eigenvalue weighted by molar-refractivity contribution is 5.95. The Kier molecular flexibility index (Phi) is 3.73. The van der Waals surface area contributed by atoms with Gasteiger partial charge in [-0.15, -0.1) is 0 Å². The number of cyclic esters (lactones) is 1. The lowest BCUT2D eigenvalue weighted by atomic mass is 9.81. The minimum atomic E-state index is -0.563. The van der Waals surface area contributed by atoms with E-state index in [9.17, 15) is 14.4 Å². The number of carbonyl (C=O) groups excluding carboxylic acids is 3. The summed E-state index contributed by atoms with van der Waals surface area (Å²) >= 11 is 0. The van der Waals surface area contributed by atoms with Crippen LogP contribution in [0.4, 0.5) is 4.79 Å². The molecule has 1 aliphatic heterocycles. The van der Waals surface area contributed by atoms with Gasteiger partial charge in [-0.1, -0.05) is 30.3 Å². The van der Waals surface area contributed by atoms with E-state index < -0.39 is 6.09 Å². The van der Waals surface area contributed by atoms with E-state index in [4.69, 9.17) is 4.74 Å². The van der Waals surface area contributed by atoms with Gasteiger partial charge in [0.15, 0.2) is 0 Å². The summed E-state index contributed by atoms with van der Waals surface area (Å²) in [5.74, 6) is 0.0596. The molecule has 0 aromatic heterocycles. The molecule has 0 bridgehead atoms. The number of ether oxygens (including phenoxy) is 1. The summed E-state index contributed by atoms with van der Waals surface area (Å²) in [6, 6.07) is 9.48. The Balaban J connectivity index is 1.64. The molecule has 5 heteroatoms. The molecule has 1 aliphatic carbocycles. The zero-order chi connectivity index (χ0) is 14.8. The Bertz CT molecular complexity index is 561. The van der Waals surface area contributed by atoms with Crippen molar-refractivity contribution >= 4 is 17.8 Å². The van der Waals surface area contributed by atoms with Crippen LogP contribution in [0.5, 0.6) is 0 Å². The molecule has 2 aliphatic rings. The Hall–Kier alpha value is -2.17. The number of imide groups is 1. The van der Waals surface area contributed by atoms with Gasteiger partial charge in [0.2, 0.25) is 5.91 Å². The van der Waals surface area contributed by atoms with Crippen molar-refractivity contribution in [2.75, 3.05) is 6.61 Å². The highest BCUT2D eigenvalue weighted by atomic mass is 16.6. The number of amides is 2. The fourth-order valence-electron chi connectivity index (χ4n) is 2.88. The normalized spacial score (nSPS) is 22.1. The molecule has 2 fully saturated rings. The first-order chi connectivity index (χ1) is 10.1. The van der Waals surface area contributed by atoms with E-state index in [0.717, 1.165) is 5.56 Å². The summed E-state index contributed by atoms with van der Waals surface area (Å²) in [6.45, 7) is 0.239. The van der Waals surface area contributed by atoms with Gasteiger partial charge in [-0.3, -0.25) is 9.59 Å². The Morgan fingerprint density at radius 1 is 1.19 bits per heavy atom. The van der Waals surface area contributed by atoms with Crippen LogP contribution >= 0.6 is 0 Å². The van der Waals surface area contributed by atoms with Crippen LogP contribution in [-0.2, 0) is 20.7 Å². The first-order valence-electron chi connectivity index (χ1n) is 7.18. The molecule has 1 aromatic carbocycles. The smallest absolute Gasteiger partial charge is 0.416 e. The number of hydrogen-bond acceptors (Lipinski definition) is 4. The maximum absolute atomic E-state index is 12.3. The van der Waals surface area contributed by atoms with E-state index >= 15 is 0 Å². The van der Waals surface area contributed by atoms with Gasteiger partial charge in [0.25, 0.3) is 0 Å². The molecular weight excluding hydrogens is 270 g/mol. The van der Waals surface area contributed by atoms with Crippen molar-refractivity contribution in [2.45, 2.75) is 31.7 Å². The van der Waals surface area contributed by atoms with Gasteiger partial charge < -0.3 is 4.74 Å². The summed E-state index contributed by atoms with van der Waals surface area (Å²) in [4.78, 5) is 36.3. The summed E-state index contributed by atoms with van der Waals surface area (Å²) in [7, 11) is 0. The minimum absolute atomic E-state index is 0.0933. The Morgan fingerprint density at radius 2 is 1.90 bits per heavy atom. The zero-order valence-corrected chi connectivity index (χ0v) is 11.7. The van der Waals surface area contributed by atoms with Gasteiger partial charge >= 0.3 is 6.09 Å². The summed E-state index contributed by atoms with van der Waals surface area (Å²) in [6.07, 6.45) is 1.20. The molecule has 0 radical (unpaired) electrons. The van der Waals surface area contributed by atoms with E-state index in [1.54, 1.807) is 0 Å². The van der Waals surface area contributed by atoms with Crippen LogP contribution in [0.1, 0.15) is 24.8 Å². The number of nitrogens with zero attached hydrogens (tertiary/aromatic N) is 1. The summed E-state index contributed by atoms with van der Waals surface area (Å²) in [5.41, 5.74) is 1.07. The highest BCUT2D eigenvalue weighted by Crippen LogP contribution is 2.28. The van der Waals surface area contributed by atoms with Crippen molar-refractivity contribution in [3.8, 4) is 0 Å². The second kappa shape index (κ2) is 5.68. The fourth-order valence-corrected chi connectivity index (χ4v) is 2.88. The molecule has 21 heavy (non-hydrogen) atoms. The standard InChI is InChI=1S/C16H17NO4/c18-14-7-12(8-14)9-15(19)17-13(10-21-16(17)20)6-11-4-2-1-3-5-11/h1-5,12-13H,6-10H2. The third kappa shape index (κ3) is 2.96. The summed E-state index contributed by atoms with van der Waals surface area (Å²) < 4.78 is 5.03. The SMILES string of the molecule is O=C1CC(CC(=O)N2C(=O)OCC2Cc2ccccc2)C1. The fraction of sp³-hybridized carbons (Fsp3) is 0.438. The molecule has 1 saturated heterocycles. The Morgan fingerprint density at radius 3 is 2.57 bits per heavy atom. The number of Topliss-reactive ketones (excluding diaryl/α,β-unsaturated/α-hetero) is 1. The lowest BCUT2D eigenvalue weighted by molar-refractivity contribution is -0.133. The van der Waals surface area contributed by atoms with Gasteiger partial charge in [-0.25, -0.2) is 9.69 Å². The van der Waals surface area contributed by atoms with Crippen LogP contribution < -0.4 is 0 Å². The van der Waals surface area contributed by atoms with Crippen LogP contribution in [0.15, 0.2) is 30.3 Å². The zero-order valence-electron chi connectivity index (χ0n) is 11.7. The lowest BCUT2D eigenvalue weighted by Gasteiger charge is -2.26. The maximum atomic E-state index is 12.3. The molecule has 5 nitrogen and oxygen atoms in total. The van der Waals surface area contributed by atoms with E-state index in [-0.39, 0.29) is 36.7 Å². The molecule has 0 N–H and O–H groups in total. The van der Waals surface area contributed by atoms with Gasteiger partial charge in [-0.2, -0.15) is 0 Å². The average Bonchev–Trinajstić information content (AvgIpc) is 2.79. The molecule has 1 atom stereocenters. The van der Waals surface area contributed by atoms with E-state index in [2.05, 4.69) is 0 Å². The molecule has 1 unspecified atom stereocenters. The van der Waals surface area contributed by atoms with Crippen molar-refractivity contribution in [3.63, 3.8) is 0 Å². The third-order valence-corrected chi connectivity index (χ3v) is 4.04. The second-order valence-electron chi connectivity index (χ2n) is 5.70. The first kappa shape index (κ1) is 13.8. The number of hydrogen-bond donors (Lipinski definition) is 0. The van der Waals surface area contributed by atoms with Gasteiger partial charge in [0.05, 0.1) is 6.04 Å². The first-order valence-corrected chi connectivity index (χ1v) is 7.18. The van der Waals surface area contributed by atoms with Crippen LogP contribution in [0.2, 0.25) is 0 Å². The molecular formula is C16H17NO4. The molecule has 1 saturated carbocycles. The van der Waals surface area contributed by atoms with E-state index in [1.807, 2.05) is 30.3 Å². The average molecular weight is 287 g/mol. The number of carbonyl (C=O) groups is 3. The van der Waals surface area contributed by atoms with E-state index in [0.29, 0.717) is 19.3 Å². The second-order valence-corrected chi connectivity index (χ2v) is 5.70. The van der Waals surface area contributed by atoms with Crippen molar-refractivity contribution < 1.29 is 19.1 Å². The molecule has 1 heterocycles. The molecule has 2 amide bonds. The predicted molar refractivity (Wildman–Crippen MR) is 74.5 cm³/mol. The van der Waals surface area contributed by atoms with E-state index in [1.165, 1.54) is 4.90 Å². The van der Waals surface area contributed by atoms with Crippen molar-refractivity contribution in [1.29, 1.82) is 0 Å². The molecule has 1 aromatic rings.